The summed E-state index contributed by atoms with van der Waals surface area (Å²) >= 11 is 0. The van der Waals surface area contributed by atoms with Gasteiger partial charge >= 0.3 is 0 Å². The molecule has 0 spiro atoms. The van der Waals surface area contributed by atoms with Crippen LogP contribution in [-0.4, -0.2) is 69.0 Å². The van der Waals surface area contributed by atoms with Crippen LogP contribution in [0.3, 0.4) is 0 Å². The van der Waals surface area contributed by atoms with Gasteiger partial charge in [-0.3, -0.25) is 4.79 Å². The molecule has 2 fully saturated rings. The van der Waals surface area contributed by atoms with E-state index in [1.807, 2.05) is 6.92 Å². The van der Waals surface area contributed by atoms with E-state index in [1.165, 1.54) is 10.4 Å². The molecule has 1 aromatic rings. The molecule has 1 aromatic carbocycles. The first kappa shape index (κ1) is 22.1. The quantitative estimate of drug-likeness (QED) is 0.797. The summed E-state index contributed by atoms with van der Waals surface area (Å²) in [6.45, 7) is 4.52. The van der Waals surface area contributed by atoms with Crippen LogP contribution in [0.5, 0.6) is 0 Å². The van der Waals surface area contributed by atoms with Crippen LogP contribution >= 0.6 is 12.4 Å². The fourth-order valence-electron chi connectivity index (χ4n) is 3.59. The number of hydrogen-bond donors (Lipinski definition) is 1. The Morgan fingerprint density at radius 2 is 1.89 bits per heavy atom. The minimum Gasteiger partial charge on any atom is -0.379 e. The third-order valence-corrected chi connectivity index (χ3v) is 7.15. The lowest BCUT2D eigenvalue weighted by atomic mass is 9.92. The van der Waals surface area contributed by atoms with Crippen LogP contribution in [0.2, 0.25) is 0 Å². The Morgan fingerprint density at radius 1 is 1.22 bits per heavy atom. The average Bonchev–Trinajstić information content (AvgIpc) is 2.68. The van der Waals surface area contributed by atoms with E-state index >= 15 is 0 Å². The highest BCUT2D eigenvalue weighted by Crippen LogP contribution is 2.25. The van der Waals surface area contributed by atoms with Gasteiger partial charge in [-0.25, -0.2) is 8.42 Å². The van der Waals surface area contributed by atoms with Crippen molar-refractivity contribution in [3.8, 4) is 0 Å². The Balaban J connectivity index is 0.00000261. The minimum atomic E-state index is -3.73. The number of halogens is 1. The Kier molecular flexibility index (Phi) is 7.64. The van der Waals surface area contributed by atoms with Gasteiger partial charge < -0.3 is 15.4 Å². The smallest absolute Gasteiger partial charge is 0.255 e. The number of rotatable bonds is 4. The molecule has 0 saturated carbocycles. The zero-order chi connectivity index (χ0) is 18.7. The van der Waals surface area contributed by atoms with Crippen LogP contribution < -0.4 is 5.73 Å². The standard InChI is InChI=1S/C18H27N3O4S.ClH/c1-14(19)15-5-4-8-20(13-15)18(22)16-6-2-3-7-17(16)26(23,24)21-9-11-25-12-10-21;/h2-3,6-7,14-15H,4-5,8-13,19H2,1H3;1H. The second-order valence-electron chi connectivity index (χ2n) is 7.03. The molecule has 2 heterocycles. The maximum Gasteiger partial charge on any atom is 0.255 e. The van der Waals surface area contributed by atoms with Gasteiger partial charge in [-0.1, -0.05) is 12.1 Å². The predicted molar refractivity (Wildman–Crippen MR) is 106 cm³/mol. The first-order valence-electron chi connectivity index (χ1n) is 9.13. The number of benzene rings is 1. The summed E-state index contributed by atoms with van der Waals surface area (Å²) in [4.78, 5) is 14.9. The van der Waals surface area contributed by atoms with Gasteiger partial charge in [0.05, 0.1) is 23.7 Å². The second-order valence-corrected chi connectivity index (χ2v) is 8.93. The molecular formula is C18H28ClN3O4S. The molecule has 0 radical (unpaired) electrons. The first-order chi connectivity index (χ1) is 12.4. The van der Waals surface area contributed by atoms with Gasteiger partial charge in [-0.05, 0) is 37.8 Å². The third kappa shape index (κ3) is 4.81. The number of carbonyl (C=O) groups excluding carboxylic acids is 1. The Bertz CT molecular complexity index is 751. The Hall–Kier alpha value is -1.19. The van der Waals surface area contributed by atoms with Gasteiger partial charge in [0.15, 0.2) is 0 Å². The summed E-state index contributed by atoms with van der Waals surface area (Å²) < 4.78 is 32.7. The van der Waals surface area contributed by atoms with Crippen molar-refractivity contribution in [3.63, 3.8) is 0 Å². The number of sulfonamides is 1. The van der Waals surface area contributed by atoms with Gasteiger partial charge in [0.25, 0.3) is 5.91 Å². The molecule has 1 amide bonds. The maximum absolute atomic E-state index is 13.1. The second kappa shape index (κ2) is 9.34. The highest BCUT2D eigenvalue weighted by atomic mass is 35.5. The number of hydrogen-bond acceptors (Lipinski definition) is 5. The Morgan fingerprint density at radius 3 is 2.56 bits per heavy atom. The fraction of sp³-hybridized carbons (Fsp3) is 0.611. The molecule has 2 N–H and O–H groups in total. The lowest BCUT2D eigenvalue weighted by Crippen LogP contribution is -2.46. The predicted octanol–water partition coefficient (Wildman–Crippen LogP) is 1.33. The summed E-state index contributed by atoms with van der Waals surface area (Å²) in [7, 11) is -3.73. The monoisotopic (exact) mass is 417 g/mol. The molecule has 3 rings (SSSR count). The zero-order valence-electron chi connectivity index (χ0n) is 15.5. The number of ether oxygens (including phenoxy) is 1. The first-order valence-corrected chi connectivity index (χ1v) is 10.6. The zero-order valence-corrected chi connectivity index (χ0v) is 17.2. The molecule has 2 aliphatic rings. The average molecular weight is 418 g/mol. The minimum absolute atomic E-state index is 0. The van der Waals surface area contributed by atoms with Crippen LogP contribution in [0.1, 0.15) is 30.1 Å². The molecular weight excluding hydrogens is 390 g/mol. The molecule has 2 unspecified atom stereocenters. The molecule has 0 aliphatic carbocycles. The number of carbonyl (C=O) groups is 1. The molecule has 2 atom stereocenters. The van der Waals surface area contributed by atoms with Crippen molar-refractivity contribution in [2.24, 2.45) is 11.7 Å². The number of likely N-dealkylation sites (tertiary alicyclic amines) is 1. The van der Waals surface area contributed by atoms with E-state index in [1.54, 1.807) is 23.1 Å². The van der Waals surface area contributed by atoms with E-state index in [-0.39, 0.29) is 40.7 Å². The summed E-state index contributed by atoms with van der Waals surface area (Å²) in [6.07, 6.45) is 1.88. The fourth-order valence-corrected chi connectivity index (χ4v) is 5.18. The molecule has 0 bridgehead atoms. The number of morpholine rings is 1. The van der Waals surface area contributed by atoms with Crippen molar-refractivity contribution in [1.29, 1.82) is 0 Å². The normalized spacial score (nSPS) is 22.7. The van der Waals surface area contributed by atoms with E-state index < -0.39 is 10.0 Å². The number of nitrogens with zero attached hydrogens (tertiary/aromatic N) is 2. The summed E-state index contributed by atoms with van der Waals surface area (Å²) in [5.74, 6) is 0.0125. The van der Waals surface area contributed by atoms with Crippen LogP contribution in [0.4, 0.5) is 0 Å². The lowest BCUT2D eigenvalue weighted by molar-refractivity contribution is 0.0655. The van der Waals surface area contributed by atoms with E-state index in [0.717, 1.165) is 12.8 Å². The van der Waals surface area contributed by atoms with Crippen LogP contribution in [0.15, 0.2) is 29.2 Å². The lowest BCUT2D eigenvalue weighted by Gasteiger charge is -2.35. The number of piperidine rings is 1. The third-order valence-electron chi connectivity index (χ3n) is 5.19. The van der Waals surface area contributed by atoms with Gasteiger partial charge in [0.2, 0.25) is 10.0 Å². The largest absolute Gasteiger partial charge is 0.379 e. The van der Waals surface area contributed by atoms with E-state index in [4.69, 9.17) is 10.5 Å². The van der Waals surface area contributed by atoms with E-state index in [9.17, 15) is 13.2 Å². The SMILES string of the molecule is CC(N)C1CCCN(C(=O)c2ccccc2S(=O)(=O)N2CCOCC2)C1.Cl. The van der Waals surface area contributed by atoms with Gasteiger partial charge in [0, 0.05) is 32.2 Å². The van der Waals surface area contributed by atoms with Gasteiger partial charge in [-0.15, -0.1) is 12.4 Å². The maximum atomic E-state index is 13.1. The van der Waals surface area contributed by atoms with E-state index in [0.29, 0.717) is 39.4 Å². The molecule has 7 nitrogen and oxygen atoms in total. The number of amides is 1. The van der Waals surface area contributed by atoms with Crippen molar-refractivity contribution in [3.05, 3.63) is 29.8 Å². The molecule has 0 aromatic heterocycles. The molecule has 27 heavy (non-hydrogen) atoms. The van der Waals surface area contributed by atoms with E-state index in [2.05, 4.69) is 0 Å². The Labute approximate surface area is 167 Å². The van der Waals surface area contributed by atoms with Crippen LogP contribution in [0, 0.1) is 5.92 Å². The summed E-state index contributed by atoms with van der Waals surface area (Å²) in [5, 5.41) is 0. The molecule has 2 saturated heterocycles. The van der Waals surface area contributed by atoms with Gasteiger partial charge in [0.1, 0.15) is 0 Å². The van der Waals surface area contributed by atoms with Gasteiger partial charge in [-0.2, -0.15) is 4.31 Å². The van der Waals surface area contributed by atoms with Crippen molar-refractivity contribution >= 4 is 28.3 Å². The highest BCUT2D eigenvalue weighted by molar-refractivity contribution is 7.89. The van der Waals surface area contributed by atoms with Crippen molar-refractivity contribution in [2.75, 3.05) is 39.4 Å². The summed E-state index contributed by atoms with van der Waals surface area (Å²) in [5.41, 5.74) is 6.25. The van der Waals surface area contributed by atoms with Crippen LogP contribution in [-0.2, 0) is 14.8 Å². The highest BCUT2D eigenvalue weighted by Gasteiger charge is 2.33. The van der Waals surface area contributed by atoms with Crippen molar-refractivity contribution in [1.82, 2.24) is 9.21 Å². The topological polar surface area (TPSA) is 92.9 Å². The number of nitrogens with two attached hydrogens (primary N) is 1. The molecule has 152 valence electrons. The van der Waals surface area contributed by atoms with Crippen molar-refractivity contribution < 1.29 is 17.9 Å². The van der Waals surface area contributed by atoms with Crippen molar-refractivity contribution in [2.45, 2.75) is 30.7 Å². The van der Waals surface area contributed by atoms with Crippen LogP contribution in [0.25, 0.3) is 0 Å². The molecule has 2 aliphatic heterocycles. The summed E-state index contributed by atoms with van der Waals surface area (Å²) in [6, 6.07) is 6.50. The molecule has 9 heteroatoms.